The van der Waals surface area contributed by atoms with Crippen LogP contribution >= 0.6 is 0 Å². The number of aromatic nitrogens is 2. The summed E-state index contributed by atoms with van der Waals surface area (Å²) in [4.78, 5) is 28.2. The lowest BCUT2D eigenvalue weighted by molar-refractivity contribution is -0.138. The van der Waals surface area contributed by atoms with Crippen LogP contribution in [0.4, 0.5) is 5.82 Å². The van der Waals surface area contributed by atoms with E-state index in [4.69, 9.17) is 9.94 Å². The van der Waals surface area contributed by atoms with Gasteiger partial charge in [-0.25, -0.2) is 9.99 Å². The van der Waals surface area contributed by atoms with Crippen molar-refractivity contribution in [3.05, 3.63) is 54.1 Å². The second-order valence-electron chi connectivity index (χ2n) is 7.78. The topological polar surface area (TPSA) is 109 Å². The van der Waals surface area contributed by atoms with Gasteiger partial charge in [-0.3, -0.25) is 24.9 Å². The Morgan fingerprint density at radius 2 is 2.09 bits per heavy atom. The number of rotatable bonds is 9. The molecule has 1 unspecified atom stereocenters. The predicted molar refractivity (Wildman–Crippen MR) is 122 cm³/mol. The number of nitrogens with one attached hydrogen (secondary N) is 2. The average Bonchev–Trinajstić information content (AvgIpc) is 3.48. The molecule has 2 aliphatic heterocycles. The molecule has 0 spiro atoms. The Morgan fingerprint density at radius 3 is 2.81 bits per heavy atom. The average molecular weight is 440 g/mol. The number of nitrogens with zero attached hydrogens (tertiary/aromatic N) is 5. The summed E-state index contributed by atoms with van der Waals surface area (Å²) < 4.78 is 0. The van der Waals surface area contributed by atoms with E-state index in [9.17, 15) is 4.79 Å². The number of carbonyl (C=O) groups is 1. The molecule has 1 aromatic heterocycles. The number of aliphatic carboxylic acids is 1. The minimum Gasteiger partial charge on any atom is -0.480 e. The second kappa shape index (κ2) is 10.4. The number of piperazine rings is 1. The molecule has 32 heavy (non-hydrogen) atoms. The summed E-state index contributed by atoms with van der Waals surface area (Å²) in [6.07, 6.45) is 7.03. The van der Waals surface area contributed by atoms with Gasteiger partial charge in [-0.05, 0) is 12.5 Å². The largest absolute Gasteiger partial charge is 0.480 e. The molecular weight excluding hydrogens is 410 g/mol. The zero-order valence-electron chi connectivity index (χ0n) is 18.1. The van der Waals surface area contributed by atoms with Gasteiger partial charge in [0, 0.05) is 56.6 Å². The lowest BCUT2D eigenvalue weighted by Gasteiger charge is -2.35. The van der Waals surface area contributed by atoms with Gasteiger partial charge >= 0.3 is 5.97 Å². The third-order valence-corrected chi connectivity index (χ3v) is 5.69. The predicted octanol–water partition coefficient (Wildman–Crippen LogP) is 1.22. The minimum absolute atomic E-state index is 0.0977. The normalized spacial score (nSPS) is 19.8. The Balaban J connectivity index is 1.43. The van der Waals surface area contributed by atoms with Gasteiger partial charge < -0.3 is 10.1 Å². The van der Waals surface area contributed by atoms with Crippen molar-refractivity contribution in [3.63, 3.8) is 0 Å². The fourth-order valence-corrected chi connectivity index (χ4v) is 3.99. The first kappa shape index (κ1) is 22.0. The van der Waals surface area contributed by atoms with Crippen molar-refractivity contribution in [1.29, 1.82) is 0 Å². The van der Waals surface area contributed by atoms with E-state index in [1.54, 1.807) is 12.5 Å². The number of hydrogen-bond donors (Lipinski definition) is 3. The summed E-state index contributed by atoms with van der Waals surface area (Å²) in [6.45, 7) is 6.71. The number of aromatic amines is 1. The fourth-order valence-electron chi connectivity index (χ4n) is 3.99. The molecule has 1 aromatic carbocycles. The van der Waals surface area contributed by atoms with Crippen LogP contribution in [0.5, 0.6) is 0 Å². The molecule has 4 rings (SSSR count). The van der Waals surface area contributed by atoms with Gasteiger partial charge in [0.2, 0.25) is 0 Å². The quantitative estimate of drug-likeness (QED) is 0.395. The summed E-state index contributed by atoms with van der Waals surface area (Å²) in [7, 11) is 0. The van der Waals surface area contributed by atoms with Crippen LogP contribution in [0.25, 0.3) is 5.57 Å². The Morgan fingerprint density at radius 1 is 1.31 bits per heavy atom. The monoisotopic (exact) mass is 439 g/mol. The molecule has 2 aromatic rings. The number of hydrogen-bond acceptors (Lipinski definition) is 8. The molecule has 3 heterocycles. The maximum atomic E-state index is 10.9. The van der Waals surface area contributed by atoms with Gasteiger partial charge in [0.15, 0.2) is 0 Å². The molecule has 10 nitrogen and oxygen atoms in total. The molecule has 170 valence electrons. The van der Waals surface area contributed by atoms with Gasteiger partial charge in [0.1, 0.15) is 11.9 Å². The third kappa shape index (κ3) is 5.34. The standard InChI is InChI=1S/C22H29N7O3/c1-2-29(21-13-23-16-24-21)25-11-17-5-3-4-6-18(17)19-12-26-32-20(19)14-27-7-9-28(10-8-27)15-22(30)31/h3-6,11-13,16,20,26H,2,7-10,14-15H2,1H3,(H,23,24)(H,30,31). The van der Waals surface area contributed by atoms with Crippen LogP contribution in [-0.4, -0.2) is 89.0 Å². The molecule has 0 saturated carbocycles. The Hall–Kier alpha value is -3.21. The number of carboxylic acid groups (broad SMARTS) is 1. The molecular formula is C22H29N7O3. The van der Waals surface area contributed by atoms with Crippen molar-refractivity contribution in [2.75, 3.05) is 50.8 Å². The second-order valence-corrected chi connectivity index (χ2v) is 7.78. The number of hydroxylamine groups is 1. The molecule has 0 bridgehead atoms. The maximum Gasteiger partial charge on any atom is 0.317 e. The Labute approximate surface area is 187 Å². The third-order valence-electron chi connectivity index (χ3n) is 5.69. The van der Waals surface area contributed by atoms with Crippen LogP contribution in [0, 0.1) is 0 Å². The van der Waals surface area contributed by atoms with E-state index in [1.165, 1.54) is 0 Å². The lowest BCUT2D eigenvalue weighted by atomic mass is 9.96. The van der Waals surface area contributed by atoms with Crippen molar-refractivity contribution in [2.24, 2.45) is 5.10 Å². The molecule has 0 amide bonds. The summed E-state index contributed by atoms with van der Waals surface area (Å²) in [5.41, 5.74) is 6.07. The number of hydrazone groups is 1. The van der Waals surface area contributed by atoms with Crippen molar-refractivity contribution in [2.45, 2.75) is 13.0 Å². The summed E-state index contributed by atoms with van der Waals surface area (Å²) in [6, 6.07) is 8.13. The number of carboxylic acids is 1. The van der Waals surface area contributed by atoms with Gasteiger partial charge in [-0.2, -0.15) is 5.10 Å². The van der Waals surface area contributed by atoms with Crippen LogP contribution in [0.3, 0.4) is 0 Å². The number of anilines is 1. The van der Waals surface area contributed by atoms with Gasteiger partial charge in [-0.15, -0.1) is 0 Å². The maximum absolute atomic E-state index is 10.9. The Kier molecular flexibility index (Phi) is 7.15. The van der Waals surface area contributed by atoms with Crippen LogP contribution in [-0.2, 0) is 9.63 Å². The molecule has 1 fully saturated rings. The molecule has 0 radical (unpaired) electrons. The van der Waals surface area contributed by atoms with Gasteiger partial charge in [-0.1, -0.05) is 24.3 Å². The highest BCUT2D eigenvalue weighted by molar-refractivity contribution is 5.89. The van der Waals surface area contributed by atoms with E-state index in [0.29, 0.717) is 6.54 Å². The fraction of sp³-hybridized carbons (Fsp3) is 0.409. The first-order valence-electron chi connectivity index (χ1n) is 10.8. The highest BCUT2D eigenvalue weighted by atomic mass is 16.7. The molecule has 3 N–H and O–H groups in total. The number of imidazole rings is 1. The van der Waals surface area contributed by atoms with Crippen LogP contribution < -0.4 is 10.5 Å². The van der Waals surface area contributed by atoms with E-state index in [0.717, 1.165) is 55.2 Å². The molecule has 10 heteroatoms. The SMILES string of the molecule is CCN(N=Cc1ccccc1C1=CNOC1CN1CCN(CC(=O)O)CC1)c1cnc[nH]1. The molecule has 0 aliphatic carbocycles. The highest BCUT2D eigenvalue weighted by Crippen LogP contribution is 2.27. The first-order valence-corrected chi connectivity index (χ1v) is 10.8. The number of H-pyrrole nitrogens is 1. The first-order chi connectivity index (χ1) is 15.6. The highest BCUT2D eigenvalue weighted by Gasteiger charge is 2.28. The van der Waals surface area contributed by atoms with E-state index >= 15 is 0 Å². The Bertz CT molecular complexity index is 952. The van der Waals surface area contributed by atoms with E-state index in [2.05, 4.69) is 31.5 Å². The zero-order chi connectivity index (χ0) is 22.3. The van der Waals surface area contributed by atoms with E-state index < -0.39 is 5.97 Å². The van der Waals surface area contributed by atoms with Crippen molar-refractivity contribution >= 4 is 23.6 Å². The van der Waals surface area contributed by atoms with E-state index in [1.807, 2.05) is 47.4 Å². The summed E-state index contributed by atoms with van der Waals surface area (Å²) in [5, 5.41) is 15.5. The molecule has 1 saturated heterocycles. The summed E-state index contributed by atoms with van der Waals surface area (Å²) in [5.74, 6) is 0.0608. The van der Waals surface area contributed by atoms with Crippen molar-refractivity contribution < 1.29 is 14.7 Å². The number of benzene rings is 1. The lowest BCUT2D eigenvalue weighted by Crippen LogP contribution is -2.50. The van der Waals surface area contributed by atoms with Crippen LogP contribution in [0.2, 0.25) is 0 Å². The van der Waals surface area contributed by atoms with Crippen LogP contribution in [0.1, 0.15) is 18.1 Å². The zero-order valence-corrected chi connectivity index (χ0v) is 18.1. The molecule has 2 aliphatic rings. The van der Waals surface area contributed by atoms with Gasteiger partial charge in [0.05, 0.1) is 25.3 Å². The van der Waals surface area contributed by atoms with Crippen molar-refractivity contribution in [3.8, 4) is 0 Å². The van der Waals surface area contributed by atoms with E-state index in [-0.39, 0.29) is 12.6 Å². The smallest absolute Gasteiger partial charge is 0.317 e. The van der Waals surface area contributed by atoms with Crippen LogP contribution in [0.15, 0.2) is 48.1 Å². The summed E-state index contributed by atoms with van der Waals surface area (Å²) >= 11 is 0. The van der Waals surface area contributed by atoms with Gasteiger partial charge in [0.25, 0.3) is 0 Å². The molecule has 1 atom stereocenters. The minimum atomic E-state index is -0.778. The van der Waals surface area contributed by atoms with Crippen molar-refractivity contribution in [1.82, 2.24) is 25.2 Å².